The van der Waals surface area contributed by atoms with Crippen molar-refractivity contribution in [3.05, 3.63) is 0 Å². The average Bonchev–Trinajstić information content (AvgIpc) is 2.05. The van der Waals surface area contributed by atoms with E-state index in [1.165, 1.54) is 0 Å². The minimum atomic E-state index is -0.913. The monoisotopic (exact) mass is 163 g/mol. The number of aliphatic hydroxyl groups is 1. The van der Waals surface area contributed by atoms with Gasteiger partial charge in [-0.25, -0.2) is 0 Å². The molecule has 0 fully saturated rings. The summed E-state index contributed by atoms with van der Waals surface area (Å²) in [6, 6.07) is -0.699. The van der Waals surface area contributed by atoms with Crippen molar-refractivity contribution in [1.82, 2.24) is 0 Å². The lowest BCUT2D eigenvalue weighted by Crippen LogP contribution is -2.36. The van der Waals surface area contributed by atoms with Crippen LogP contribution < -0.4 is 5.73 Å². The minimum Gasteiger partial charge on any atom is -0.480 e. The van der Waals surface area contributed by atoms with E-state index in [4.69, 9.17) is 15.9 Å². The molecular formula is C7H17NO3. The molecule has 4 nitrogen and oxygen atoms in total. The van der Waals surface area contributed by atoms with Crippen LogP contribution in [0.4, 0.5) is 0 Å². The molecule has 0 saturated heterocycles. The second kappa shape index (κ2) is 7.50. The van der Waals surface area contributed by atoms with E-state index in [0.29, 0.717) is 0 Å². The van der Waals surface area contributed by atoms with Gasteiger partial charge in [0.15, 0.2) is 0 Å². The number of carboxylic acids is 1. The molecule has 0 rings (SSSR count). The molecule has 0 aromatic carbocycles. The number of hydrogen-bond acceptors (Lipinski definition) is 3. The van der Waals surface area contributed by atoms with Gasteiger partial charge in [-0.1, -0.05) is 20.3 Å². The SMILES string of the molecule is CCC(C)C(N)C(=O)O.CO. The largest absolute Gasteiger partial charge is 0.480 e. The van der Waals surface area contributed by atoms with Gasteiger partial charge in [-0.2, -0.15) is 0 Å². The van der Waals surface area contributed by atoms with Crippen LogP contribution >= 0.6 is 0 Å². The zero-order valence-electron chi connectivity index (χ0n) is 7.24. The molecule has 2 unspecified atom stereocenters. The van der Waals surface area contributed by atoms with Crippen LogP contribution in [0.2, 0.25) is 0 Å². The van der Waals surface area contributed by atoms with E-state index in [9.17, 15) is 4.79 Å². The smallest absolute Gasteiger partial charge is 0.320 e. The third-order valence-corrected chi connectivity index (χ3v) is 1.54. The lowest BCUT2D eigenvalue weighted by Gasteiger charge is -2.11. The molecule has 0 aromatic rings. The summed E-state index contributed by atoms with van der Waals surface area (Å²) in [4.78, 5) is 10.2. The lowest BCUT2D eigenvalue weighted by atomic mass is 10.0. The Kier molecular flexibility index (Phi) is 8.87. The number of hydrogen-bond donors (Lipinski definition) is 3. The van der Waals surface area contributed by atoms with Crippen LogP contribution in [0.15, 0.2) is 0 Å². The highest BCUT2D eigenvalue weighted by Gasteiger charge is 2.17. The van der Waals surface area contributed by atoms with E-state index >= 15 is 0 Å². The topological polar surface area (TPSA) is 83.6 Å². The molecular weight excluding hydrogens is 146 g/mol. The number of carbonyl (C=O) groups is 1. The Balaban J connectivity index is 0. The Hall–Kier alpha value is -0.610. The quantitative estimate of drug-likeness (QED) is 0.549. The maximum atomic E-state index is 10.2. The van der Waals surface area contributed by atoms with Crippen molar-refractivity contribution in [3.63, 3.8) is 0 Å². The summed E-state index contributed by atoms with van der Waals surface area (Å²) in [5.74, 6) is -0.841. The molecule has 0 aliphatic carbocycles. The minimum absolute atomic E-state index is 0.0718. The first-order valence-corrected chi connectivity index (χ1v) is 3.52. The molecule has 4 heteroatoms. The Morgan fingerprint density at radius 2 is 1.91 bits per heavy atom. The predicted molar refractivity (Wildman–Crippen MR) is 43.2 cm³/mol. The molecule has 4 N–H and O–H groups in total. The van der Waals surface area contributed by atoms with Crippen molar-refractivity contribution in [1.29, 1.82) is 0 Å². The summed E-state index contributed by atoms with van der Waals surface area (Å²) < 4.78 is 0. The standard InChI is InChI=1S/C6H13NO2.CH4O/c1-3-4(2)5(7)6(8)9;1-2/h4-5H,3,7H2,1-2H3,(H,8,9);2H,1H3. The van der Waals surface area contributed by atoms with Crippen LogP contribution in [0.1, 0.15) is 20.3 Å². The maximum Gasteiger partial charge on any atom is 0.320 e. The van der Waals surface area contributed by atoms with Crippen molar-refractivity contribution in [2.75, 3.05) is 7.11 Å². The second-order valence-corrected chi connectivity index (χ2v) is 2.25. The van der Waals surface area contributed by atoms with Gasteiger partial charge in [0.05, 0.1) is 0 Å². The van der Waals surface area contributed by atoms with Crippen molar-refractivity contribution >= 4 is 5.97 Å². The molecule has 0 aliphatic heterocycles. The number of aliphatic carboxylic acids is 1. The number of rotatable bonds is 3. The summed E-state index contributed by atoms with van der Waals surface area (Å²) in [6.07, 6.45) is 0.813. The van der Waals surface area contributed by atoms with Crippen LogP contribution in [-0.2, 0) is 4.79 Å². The fourth-order valence-corrected chi connectivity index (χ4v) is 0.497. The van der Waals surface area contributed by atoms with Gasteiger partial charge in [0, 0.05) is 7.11 Å². The highest BCUT2D eigenvalue weighted by molar-refractivity contribution is 5.73. The van der Waals surface area contributed by atoms with E-state index in [2.05, 4.69) is 0 Å². The first kappa shape index (κ1) is 13.0. The van der Waals surface area contributed by atoms with Gasteiger partial charge >= 0.3 is 5.97 Å². The van der Waals surface area contributed by atoms with Gasteiger partial charge in [-0.05, 0) is 5.92 Å². The molecule has 0 aliphatic rings. The Labute approximate surface area is 67.0 Å². The summed E-state index contributed by atoms with van der Waals surface area (Å²) in [6.45, 7) is 3.76. The Morgan fingerprint density at radius 3 is 2.00 bits per heavy atom. The first-order valence-electron chi connectivity index (χ1n) is 3.52. The van der Waals surface area contributed by atoms with Crippen LogP contribution in [0.3, 0.4) is 0 Å². The molecule has 0 spiro atoms. The summed E-state index contributed by atoms with van der Waals surface area (Å²) in [5.41, 5.74) is 5.27. The zero-order valence-corrected chi connectivity index (χ0v) is 7.24. The van der Waals surface area contributed by atoms with Crippen molar-refractivity contribution in [3.8, 4) is 0 Å². The highest BCUT2D eigenvalue weighted by atomic mass is 16.4. The number of aliphatic hydroxyl groups excluding tert-OH is 1. The van der Waals surface area contributed by atoms with Crippen molar-refractivity contribution in [2.24, 2.45) is 11.7 Å². The molecule has 0 heterocycles. The van der Waals surface area contributed by atoms with Crippen LogP contribution in [-0.4, -0.2) is 29.3 Å². The Bertz CT molecular complexity index is 106. The van der Waals surface area contributed by atoms with Gasteiger partial charge in [-0.3, -0.25) is 4.79 Å². The second-order valence-electron chi connectivity index (χ2n) is 2.25. The van der Waals surface area contributed by atoms with E-state index in [1.54, 1.807) is 0 Å². The normalized spacial score (nSPS) is 14.3. The average molecular weight is 163 g/mol. The highest BCUT2D eigenvalue weighted by Crippen LogP contribution is 2.04. The number of nitrogens with two attached hydrogens (primary N) is 1. The number of carboxylic acid groups (broad SMARTS) is 1. The van der Waals surface area contributed by atoms with Gasteiger partial charge in [0.1, 0.15) is 6.04 Å². The third-order valence-electron chi connectivity index (χ3n) is 1.54. The lowest BCUT2D eigenvalue weighted by molar-refractivity contribution is -0.139. The molecule has 0 saturated carbocycles. The predicted octanol–water partition coefficient (Wildman–Crippen LogP) is 0.0529. The van der Waals surface area contributed by atoms with E-state index in [-0.39, 0.29) is 5.92 Å². The van der Waals surface area contributed by atoms with Crippen molar-refractivity contribution < 1.29 is 15.0 Å². The fourth-order valence-electron chi connectivity index (χ4n) is 0.497. The zero-order chi connectivity index (χ0) is 9.44. The fraction of sp³-hybridized carbons (Fsp3) is 0.857. The van der Waals surface area contributed by atoms with Gasteiger partial charge in [0.25, 0.3) is 0 Å². The molecule has 2 atom stereocenters. The summed E-state index contributed by atoms with van der Waals surface area (Å²) >= 11 is 0. The van der Waals surface area contributed by atoms with Gasteiger partial charge in [-0.15, -0.1) is 0 Å². The van der Waals surface area contributed by atoms with E-state index in [1.807, 2.05) is 13.8 Å². The molecule has 0 bridgehead atoms. The van der Waals surface area contributed by atoms with Crippen LogP contribution in [0.5, 0.6) is 0 Å². The summed E-state index contributed by atoms with van der Waals surface area (Å²) in [7, 11) is 1.00. The van der Waals surface area contributed by atoms with Crippen molar-refractivity contribution in [2.45, 2.75) is 26.3 Å². The molecule has 0 radical (unpaired) electrons. The Morgan fingerprint density at radius 1 is 1.55 bits per heavy atom. The molecule has 11 heavy (non-hydrogen) atoms. The first-order chi connectivity index (χ1) is 5.09. The molecule has 0 aromatic heterocycles. The molecule has 68 valence electrons. The molecule has 0 amide bonds. The summed E-state index contributed by atoms with van der Waals surface area (Å²) in [5, 5.41) is 15.4. The maximum absolute atomic E-state index is 10.2. The van der Waals surface area contributed by atoms with E-state index < -0.39 is 12.0 Å². The van der Waals surface area contributed by atoms with Gasteiger partial charge < -0.3 is 15.9 Å². The third kappa shape index (κ3) is 5.82. The van der Waals surface area contributed by atoms with Gasteiger partial charge in [0.2, 0.25) is 0 Å². The van der Waals surface area contributed by atoms with Crippen LogP contribution in [0, 0.1) is 5.92 Å². The van der Waals surface area contributed by atoms with E-state index in [0.717, 1.165) is 13.5 Å². The van der Waals surface area contributed by atoms with Crippen LogP contribution in [0.25, 0.3) is 0 Å².